The smallest absolute Gasteiger partial charge is 0.338 e. The van der Waals surface area contributed by atoms with Gasteiger partial charge in [-0.2, -0.15) is 4.31 Å². The Kier molecular flexibility index (Phi) is 8.00. The van der Waals surface area contributed by atoms with Crippen molar-refractivity contribution in [3.8, 4) is 0 Å². The van der Waals surface area contributed by atoms with Crippen molar-refractivity contribution in [3.63, 3.8) is 0 Å². The number of benzene rings is 1. The van der Waals surface area contributed by atoms with E-state index in [9.17, 15) is 18.0 Å². The van der Waals surface area contributed by atoms with Gasteiger partial charge in [-0.25, -0.2) is 13.2 Å². The van der Waals surface area contributed by atoms with Gasteiger partial charge in [0.05, 0.1) is 10.5 Å². The third kappa shape index (κ3) is 5.54. The number of ether oxygens (including phenoxy) is 1. The van der Waals surface area contributed by atoms with E-state index in [0.29, 0.717) is 18.7 Å². The van der Waals surface area contributed by atoms with E-state index >= 15 is 0 Å². The number of carbonyl (C=O) groups is 2. The van der Waals surface area contributed by atoms with Crippen molar-refractivity contribution in [2.45, 2.75) is 63.8 Å². The zero-order chi connectivity index (χ0) is 20.7. The summed E-state index contributed by atoms with van der Waals surface area (Å²) in [7, 11) is -3.66. The summed E-state index contributed by atoms with van der Waals surface area (Å²) in [6.45, 7) is 6.24. The van der Waals surface area contributed by atoms with Crippen LogP contribution in [0.25, 0.3) is 0 Å². The summed E-state index contributed by atoms with van der Waals surface area (Å²) in [5, 5.41) is 2.79. The molecule has 1 fully saturated rings. The van der Waals surface area contributed by atoms with Gasteiger partial charge in [-0.1, -0.05) is 26.3 Å². The van der Waals surface area contributed by atoms with Crippen LogP contribution in [0.1, 0.15) is 61.9 Å². The fourth-order valence-electron chi connectivity index (χ4n) is 3.23. The molecule has 0 atom stereocenters. The maximum Gasteiger partial charge on any atom is 0.338 e. The molecule has 1 heterocycles. The molecule has 1 aromatic carbocycles. The Labute approximate surface area is 167 Å². The third-order valence-electron chi connectivity index (χ3n) is 5.04. The zero-order valence-corrected chi connectivity index (χ0v) is 17.7. The topological polar surface area (TPSA) is 92.8 Å². The first kappa shape index (κ1) is 22.4. The molecule has 28 heavy (non-hydrogen) atoms. The summed E-state index contributed by atoms with van der Waals surface area (Å²) >= 11 is 0. The number of hydrogen-bond donors (Lipinski definition) is 1. The number of aryl methyl sites for hydroxylation is 1. The van der Waals surface area contributed by atoms with Crippen LogP contribution in [0.3, 0.4) is 0 Å². The molecule has 0 bridgehead atoms. The minimum Gasteiger partial charge on any atom is -0.452 e. The van der Waals surface area contributed by atoms with E-state index < -0.39 is 22.6 Å². The number of amides is 1. The molecule has 0 aliphatic carbocycles. The van der Waals surface area contributed by atoms with Crippen LogP contribution >= 0.6 is 0 Å². The minimum atomic E-state index is -3.66. The van der Waals surface area contributed by atoms with Crippen LogP contribution in [0.5, 0.6) is 0 Å². The molecule has 1 amide bonds. The van der Waals surface area contributed by atoms with Gasteiger partial charge in [-0.3, -0.25) is 4.79 Å². The second-order valence-electron chi connectivity index (χ2n) is 7.10. The van der Waals surface area contributed by atoms with Crippen LogP contribution in [0, 0.1) is 6.92 Å². The van der Waals surface area contributed by atoms with Crippen LogP contribution in [-0.4, -0.2) is 50.3 Å². The second kappa shape index (κ2) is 10.0. The molecule has 1 N–H and O–H groups in total. The number of sulfonamides is 1. The van der Waals surface area contributed by atoms with Crippen molar-refractivity contribution < 1.29 is 22.7 Å². The summed E-state index contributed by atoms with van der Waals surface area (Å²) in [4.78, 5) is 24.3. The highest BCUT2D eigenvalue weighted by Gasteiger charge is 2.28. The summed E-state index contributed by atoms with van der Waals surface area (Å²) in [5.74, 6) is -1.08. The molecule has 7 nitrogen and oxygen atoms in total. The minimum absolute atomic E-state index is 0.0480. The van der Waals surface area contributed by atoms with Crippen LogP contribution in [0.4, 0.5) is 0 Å². The number of piperidine rings is 1. The summed E-state index contributed by atoms with van der Waals surface area (Å²) in [6.07, 6.45) is 4.30. The molecule has 156 valence electrons. The Hall–Kier alpha value is -1.93. The number of rotatable bonds is 8. The Morgan fingerprint density at radius 1 is 1.14 bits per heavy atom. The monoisotopic (exact) mass is 410 g/mol. The molecule has 1 aliphatic rings. The van der Waals surface area contributed by atoms with Gasteiger partial charge in [0.15, 0.2) is 6.61 Å². The number of carbonyl (C=O) groups excluding carboxylic acids is 2. The van der Waals surface area contributed by atoms with Crippen LogP contribution in [-0.2, 0) is 19.6 Å². The van der Waals surface area contributed by atoms with E-state index in [-0.39, 0.29) is 22.4 Å². The molecule has 1 saturated heterocycles. The van der Waals surface area contributed by atoms with E-state index in [1.165, 1.54) is 16.4 Å². The van der Waals surface area contributed by atoms with E-state index in [2.05, 4.69) is 5.32 Å². The van der Waals surface area contributed by atoms with Gasteiger partial charge in [0, 0.05) is 19.1 Å². The fourth-order valence-corrected chi connectivity index (χ4v) is 4.99. The number of esters is 1. The number of nitrogens with one attached hydrogen (secondary N) is 1. The zero-order valence-electron chi connectivity index (χ0n) is 16.9. The van der Waals surface area contributed by atoms with Gasteiger partial charge in [0.25, 0.3) is 5.91 Å². The van der Waals surface area contributed by atoms with Crippen molar-refractivity contribution in [1.29, 1.82) is 0 Å². The van der Waals surface area contributed by atoms with Crippen molar-refractivity contribution in [1.82, 2.24) is 9.62 Å². The van der Waals surface area contributed by atoms with E-state index in [1.807, 2.05) is 13.8 Å². The van der Waals surface area contributed by atoms with Crippen LogP contribution in [0.2, 0.25) is 0 Å². The Morgan fingerprint density at radius 3 is 2.39 bits per heavy atom. The SMILES string of the molecule is CCC(CC)NC(=O)COC(=O)c1ccc(C)c(S(=O)(=O)N2CCCCC2)c1. The fraction of sp³-hybridized carbons (Fsp3) is 0.600. The highest BCUT2D eigenvalue weighted by molar-refractivity contribution is 7.89. The van der Waals surface area contributed by atoms with Gasteiger partial charge in [0.2, 0.25) is 10.0 Å². The highest BCUT2D eigenvalue weighted by Crippen LogP contribution is 2.24. The molecular formula is C20H30N2O5S. The van der Waals surface area contributed by atoms with E-state index in [1.54, 1.807) is 13.0 Å². The quantitative estimate of drug-likeness (QED) is 0.665. The van der Waals surface area contributed by atoms with Crippen LogP contribution in [0.15, 0.2) is 23.1 Å². The average molecular weight is 411 g/mol. The molecular weight excluding hydrogens is 380 g/mol. The molecule has 0 radical (unpaired) electrons. The van der Waals surface area contributed by atoms with Crippen LogP contribution < -0.4 is 5.32 Å². The van der Waals surface area contributed by atoms with Gasteiger partial charge in [0.1, 0.15) is 0 Å². The lowest BCUT2D eigenvalue weighted by molar-refractivity contribution is -0.125. The predicted octanol–water partition coefficient (Wildman–Crippen LogP) is 2.63. The first-order chi connectivity index (χ1) is 13.3. The molecule has 0 saturated carbocycles. The standard InChI is InChI=1S/C20H30N2O5S/c1-4-17(5-2)21-19(23)14-27-20(24)16-10-9-15(3)18(13-16)28(25,26)22-11-7-6-8-12-22/h9-10,13,17H,4-8,11-12,14H2,1-3H3,(H,21,23). The normalized spacial score (nSPS) is 15.4. The molecule has 8 heteroatoms. The van der Waals surface area contributed by atoms with E-state index in [4.69, 9.17) is 4.74 Å². The lowest BCUT2D eigenvalue weighted by atomic mass is 10.1. The third-order valence-corrected chi connectivity index (χ3v) is 7.08. The van der Waals surface area contributed by atoms with Gasteiger partial charge in [-0.15, -0.1) is 0 Å². The first-order valence-electron chi connectivity index (χ1n) is 9.86. The molecule has 0 unspecified atom stereocenters. The molecule has 0 spiro atoms. The first-order valence-corrected chi connectivity index (χ1v) is 11.3. The van der Waals surface area contributed by atoms with Gasteiger partial charge < -0.3 is 10.1 Å². The summed E-state index contributed by atoms with van der Waals surface area (Å²) in [5.41, 5.74) is 0.699. The molecule has 1 aliphatic heterocycles. The maximum atomic E-state index is 12.9. The predicted molar refractivity (Wildman–Crippen MR) is 107 cm³/mol. The number of nitrogens with zero attached hydrogens (tertiary/aromatic N) is 1. The lowest BCUT2D eigenvalue weighted by Gasteiger charge is -2.26. The largest absolute Gasteiger partial charge is 0.452 e. The van der Waals surface area contributed by atoms with Gasteiger partial charge in [-0.05, 0) is 50.3 Å². The molecule has 1 aromatic rings. The second-order valence-corrected chi connectivity index (χ2v) is 9.01. The maximum absolute atomic E-state index is 12.9. The molecule has 2 rings (SSSR count). The Balaban J connectivity index is 2.09. The van der Waals surface area contributed by atoms with Crippen molar-refractivity contribution in [3.05, 3.63) is 29.3 Å². The highest BCUT2D eigenvalue weighted by atomic mass is 32.2. The van der Waals surface area contributed by atoms with Crippen molar-refractivity contribution >= 4 is 21.9 Å². The summed E-state index contributed by atoms with van der Waals surface area (Å²) < 4.78 is 32.4. The summed E-state index contributed by atoms with van der Waals surface area (Å²) in [6, 6.07) is 4.51. The number of hydrogen-bond acceptors (Lipinski definition) is 5. The average Bonchev–Trinajstić information content (AvgIpc) is 2.71. The van der Waals surface area contributed by atoms with E-state index in [0.717, 1.165) is 32.1 Å². The Bertz CT molecular complexity index is 797. The van der Waals surface area contributed by atoms with Crippen molar-refractivity contribution in [2.75, 3.05) is 19.7 Å². The van der Waals surface area contributed by atoms with Crippen molar-refractivity contribution in [2.24, 2.45) is 0 Å². The Morgan fingerprint density at radius 2 is 1.79 bits per heavy atom. The lowest BCUT2D eigenvalue weighted by Crippen LogP contribution is -2.37. The van der Waals surface area contributed by atoms with Gasteiger partial charge >= 0.3 is 5.97 Å². The molecule has 0 aromatic heterocycles.